The van der Waals surface area contributed by atoms with Gasteiger partial charge in [-0.1, -0.05) is 19.3 Å². The third-order valence-corrected chi connectivity index (χ3v) is 4.09. The van der Waals surface area contributed by atoms with Gasteiger partial charge in [0.2, 0.25) is 5.88 Å². The second-order valence-electron chi connectivity index (χ2n) is 6.10. The topological polar surface area (TPSA) is 77.0 Å². The zero-order chi connectivity index (χ0) is 16.8. The highest BCUT2D eigenvalue weighted by atomic mass is 16.5. The number of nitrogens with one attached hydrogen (secondary N) is 1. The molecule has 2 heterocycles. The van der Waals surface area contributed by atoms with E-state index < -0.39 is 0 Å². The monoisotopic (exact) mass is 326 g/mol. The highest BCUT2D eigenvalue weighted by Gasteiger charge is 2.16. The predicted molar refractivity (Wildman–Crippen MR) is 90.5 cm³/mol. The van der Waals surface area contributed by atoms with Gasteiger partial charge in [-0.2, -0.15) is 4.98 Å². The number of aromatic nitrogens is 3. The van der Waals surface area contributed by atoms with E-state index in [0.717, 1.165) is 24.1 Å². The molecule has 0 aromatic carbocycles. The molecule has 6 heteroatoms. The van der Waals surface area contributed by atoms with Crippen LogP contribution in [0.2, 0.25) is 0 Å². The van der Waals surface area contributed by atoms with Crippen molar-refractivity contribution in [3.05, 3.63) is 36.3 Å². The Morgan fingerprint density at radius 2 is 1.96 bits per heavy atom. The van der Waals surface area contributed by atoms with E-state index in [1.807, 2.05) is 19.1 Å². The molecule has 1 saturated carbocycles. The van der Waals surface area contributed by atoms with Gasteiger partial charge in [-0.05, 0) is 31.9 Å². The molecule has 126 valence electrons. The van der Waals surface area contributed by atoms with Crippen molar-refractivity contribution in [2.75, 3.05) is 6.61 Å². The molecule has 0 unspecified atom stereocenters. The van der Waals surface area contributed by atoms with Crippen molar-refractivity contribution in [1.29, 1.82) is 0 Å². The van der Waals surface area contributed by atoms with Gasteiger partial charge < -0.3 is 10.1 Å². The van der Waals surface area contributed by atoms with Crippen LogP contribution in [0.5, 0.6) is 5.88 Å². The molecule has 0 bridgehead atoms. The Morgan fingerprint density at radius 1 is 1.21 bits per heavy atom. The van der Waals surface area contributed by atoms with Crippen molar-refractivity contribution in [2.24, 2.45) is 0 Å². The molecule has 1 N–H and O–H groups in total. The van der Waals surface area contributed by atoms with Crippen LogP contribution < -0.4 is 10.1 Å². The lowest BCUT2D eigenvalue weighted by Gasteiger charge is -2.22. The average Bonchev–Trinajstić information content (AvgIpc) is 2.61. The lowest BCUT2D eigenvalue weighted by molar-refractivity contribution is -0.124. The summed E-state index contributed by atoms with van der Waals surface area (Å²) >= 11 is 0. The number of amides is 1. The zero-order valence-electron chi connectivity index (χ0n) is 13.9. The first kappa shape index (κ1) is 16.4. The molecular weight excluding hydrogens is 304 g/mol. The van der Waals surface area contributed by atoms with E-state index >= 15 is 0 Å². The Labute approximate surface area is 141 Å². The van der Waals surface area contributed by atoms with Crippen molar-refractivity contribution >= 4 is 5.91 Å². The van der Waals surface area contributed by atoms with Crippen LogP contribution >= 0.6 is 0 Å². The molecule has 0 saturated heterocycles. The zero-order valence-corrected chi connectivity index (χ0v) is 13.9. The summed E-state index contributed by atoms with van der Waals surface area (Å²) in [6, 6.07) is 5.70. The number of carbonyl (C=O) groups is 1. The summed E-state index contributed by atoms with van der Waals surface area (Å²) < 4.78 is 5.57. The SMILES string of the molecule is Cc1cc(OCC(=O)NC2CCCCC2)nc(-c2ccncc2)n1. The minimum atomic E-state index is -0.0939. The van der Waals surface area contributed by atoms with Crippen LogP contribution in [-0.2, 0) is 4.79 Å². The van der Waals surface area contributed by atoms with Crippen LogP contribution in [-0.4, -0.2) is 33.5 Å². The minimum absolute atomic E-state index is 0.0251. The molecule has 1 fully saturated rings. The van der Waals surface area contributed by atoms with Gasteiger partial charge in [-0.3, -0.25) is 9.78 Å². The van der Waals surface area contributed by atoms with E-state index in [1.165, 1.54) is 19.3 Å². The van der Waals surface area contributed by atoms with E-state index in [1.54, 1.807) is 18.5 Å². The molecule has 1 aliphatic carbocycles. The van der Waals surface area contributed by atoms with Gasteiger partial charge in [-0.25, -0.2) is 4.98 Å². The van der Waals surface area contributed by atoms with Gasteiger partial charge in [0.15, 0.2) is 12.4 Å². The van der Waals surface area contributed by atoms with Crippen molar-refractivity contribution in [3.63, 3.8) is 0 Å². The van der Waals surface area contributed by atoms with Crippen LogP contribution in [0.3, 0.4) is 0 Å². The fourth-order valence-electron chi connectivity index (χ4n) is 2.90. The number of hydrogen-bond acceptors (Lipinski definition) is 5. The number of pyridine rings is 1. The fourth-order valence-corrected chi connectivity index (χ4v) is 2.90. The van der Waals surface area contributed by atoms with Crippen LogP contribution in [0.1, 0.15) is 37.8 Å². The summed E-state index contributed by atoms with van der Waals surface area (Å²) in [4.78, 5) is 24.8. The lowest BCUT2D eigenvalue weighted by Crippen LogP contribution is -2.39. The molecule has 1 aliphatic rings. The molecule has 2 aromatic heterocycles. The normalized spacial score (nSPS) is 15.0. The summed E-state index contributed by atoms with van der Waals surface area (Å²) in [7, 11) is 0. The number of carbonyl (C=O) groups excluding carboxylic acids is 1. The second kappa shape index (κ2) is 7.86. The summed E-state index contributed by atoms with van der Waals surface area (Å²) in [6.07, 6.45) is 9.15. The molecule has 6 nitrogen and oxygen atoms in total. The maximum atomic E-state index is 12.0. The first-order chi connectivity index (χ1) is 11.7. The summed E-state index contributed by atoms with van der Waals surface area (Å²) in [6.45, 7) is 1.85. The maximum absolute atomic E-state index is 12.0. The molecule has 2 aromatic rings. The fraction of sp³-hybridized carbons (Fsp3) is 0.444. The van der Waals surface area contributed by atoms with E-state index in [-0.39, 0.29) is 18.6 Å². The van der Waals surface area contributed by atoms with E-state index in [0.29, 0.717) is 11.7 Å². The lowest BCUT2D eigenvalue weighted by atomic mass is 9.95. The van der Waals surface area contributed by atoms with Gasteiger partial charge in [0.25, 0.3) is 5.91 Å². The Kier molecular flexibility index (Phi) is 5.36. The highest BCUT2D eigenvalue weighted by molar-refractivity contribution is 5.77. The van der Waals surface area contributed by atoms with Crippen molar-refractivity contribution in [2.45, 2.75) is 45.1 Å². The quantitative estimate of drug-likeness (QED) is 0.914. The molecule has 0 radical (unpaired) electrons. The maximum Gasteiger partial charge on any atom is 0.258 e. The Balaban J connectivity index is 1.60. The van der Waals surface area contributed by atoms with Gasteiger partial charge in [0, 0.05) is 35.8 Å². The molecule has 0 aliphatic heterocycles. The smallest absolute Gasteiger partial charge is 0.258 e. The summed E-state index contributed by atoms with van der Waals surface area (Å²) in [5.41, 5.74) is 1.66. The minimum Gasteiger partial charge on any atom is -0.467 e. The number of aryl methyl sites for hydroxylation is 1. The van der Waals surface area contributed by atoms with Gasteiger partial charge in [0.05, 0.1) is 0 Å². The third kappa shape index (κ3) is 4.50. The number of ether oxygens (including phenoxy) is 1. The summed E-state index contributed by atoms with van der Waals surface area (Å²) in [5.74, 6) is 0.886. The largest absolute Gasteiger partial charge is 0.467 e. The molecule has 0 atom stereocenters. The van der Waals surface area contributed by atoms with E-state index in [4.69, 9.17) is 4.74 Å². The number of hydrogen-bond donors (Lipinski definition) is 1. The number of rotatable bonds is 5. The van der Waals surface area contributed by atoms with E-state index in [9.17, 15) is 4.79 Å². The number of nitrogens with zero attached hydrogens (tertiary/aromatic N) is 3. The Morgan fingerprint density at radius 3 is 2.71 bits per heavy atom. The van der Waals surface area contributed by atoms with Crippen LogP contribution in [0.15, 0.2) is 30.6 Å². The van der Waals surface area contributed by atoms with Crippen molar-refractivity contribution < 1.29 is 9.53 Å². The highest BCUT2D eigenvalue weighted by Crippen LogP contribution is 2.19. The molecule has 24 heavy (non-hydrogen) atoms. The first-order valence-corrected chi connectivity index (χ1v) is 8.39. The standard InChI is InChI=1S/C18H22N4O2/c1-13-11-17(22-18(20-13)14-7-9-19-10-8-14)24-12-16(23)21-15-5-3-2-4-6-15/h7-11,15H,2-6,12H2,1H3,(H,21,23). The van der Waals surface area contributed by atoms with Gasteiger partial charge >= 0.3 is 0 Å². The molecular formula is C18H22N4O2. The predicted octanol–water partition coefficient (Wildman–Crippen LogP) is 2.67. The molecule has 0 spiro atoms. The Bertz CT molecular complexity index is 685. The van der Waals surface area contributed by atoms with Gasteiger partial charge in [0.1, 0.15) is 0 Å². The average molecular weight is 326 g/mol. The second-order valence-corrected chi connectivity index (χ2v) is 6.10. The first-order valence-electron chi connectivity index (χ1n) is 8.39. The van der Waals surface area contributed by atoms with Crippen LogP contribution in [0.25, 0.3) is 11.4 Å². The third-order valence-electron chi connectivity index (χ3n) is 4.09. The van der Waals surface area contributed by atoms with Crippen molar-refractivity contribution in [1.82, 2.24) is 20.3 Å². The summed E-state index contributed by atoms with van der Waals surface area (Å²) in [5, 5.41) is 3.03. The van der Waals surface area contributed by atoms with Gasteiger partial charge in [-0.15, -0.1) is 0 Å². The molecule has 1 amide bonds. The van der Waals surface area contributed by atoms with E-state index in [2.05, 4.69) is 20.3 Å². The Hall–Kier alpha value is -2.50. The van der Waals surface area contributed by atoms with Crippen LogP contribution in [0, 0.1) is 6.92 Å². The van der Waals surface area contributed by atoms with Crippen LogP contribution in [0.4, 0.5) is 0 Å². The van der Waals surface area contributed by atoms with Crippen molar-refractivity contribution in [3.8, 4) is 17.3 Å². The molecule has 3 rings (SSSR count).